The Morgan fingerprint density at radius 3 is 0.743 bits per heavy atom. The Bertz CT molecular complexity index is 1350. The van der Waals surface area contributed by atoms with Crippen LogP contribution in [0.15, 0.2) is 0 Å². The predicted molar refractivity (Wildman–Crippen MR) is 318 cm³/mol. The number of nitrogens with zero attached hydrogens (tertiary/aromatic N) is 6. The van der Waals surface area contributed by atoms with Crippen LogP contribution >= 0.6 is 0 Å². The molecule has 0 amide bonds. The van der Waals surface area contributed by atoms with Crippen LogP contribution in [0.25, 0.3) is 0 Å². The summed E-state index contributed by atoms with van der Waals surface area (Å²) in [5.74, 6) is 2.83. The van der Waals surface area contributed by atoms with Gasteiger partial charge < -0.3 is 49.7 Å². The Labute approximate surface area is 458 Å². The largest absolute Gasteiger partial charge is 0.391 e. The van der Waals surface area contributed by atoms with Crippen LogP contribution in [0.1, 0.15) is 185 Å². The fraction of sp³-hybridized carbons (Fsp3) is 1.00. The van der Waals surface area contributed by atoms with E-state index in [1.54, 1.807) is 0 Å². The first-order valence-electron chi connectivity index (χ1n) is 29.3. The average Bonchev–Trinajstić information content (AvgIpc) is 3.21. The minimum Gasteiger partial charge on any atom is -0.391 e. The van der Waals surface area contributed by atoms with Gasteiger partial charge in [-0.25, -0.2) is 0 Å². The van der Waals surface area contributed by atoms with Crippen LogP contribution in [0.3, 0.4) is 0 Å². The van der Waals surface area contributed by atoms with Crippen LogP contribution in [0.2, 0.25) is 0 Å². The Morgan fingerprint density at radius 2 is 0.541 bits per heavy atom. The molecule has 6 heterocycles. The van der Waals surface area contributed by atoms with Gasteiger partial charge in [-0.15, -0.1) is 0 Å². The van der Waals surface area contributed by atoms with Crippen molar-refractivity contribution in [3.05, 3.63) is 0 Å². The number of piperidine rings is 6. The van der Waals surface area contributed by atoms with Crippen molar-refractivity contribution in [1.82, 2.24) is 29.4 Å². The minimum atomic E-state index is -0.335. The molecular weight excluding hydrogens is 925 g/mol. The Hall–Kier alpha value is -0.600. The predicted octanol–water partition coefficient (Wildman–Crippen LogP) is 5.39. The summed E-state index contributed by atoms with van der Waals surface area (Å²) in [5, 5.41) is 28.8. The molecule has 6 aliphatic rings. The third-order valence-electron chi connectivity index (χ3n) is 16.3. The van der Waals surface area contributed by atoms with Gasteiger partial charge in [0.2, 0.25) is 0 Å². The molecule has 15 nitrogen and oxygen atoms in total. The van der Waals surface area contributed by atoms with E-state index in [0.717, 1.165) is 83.1 Å². The van der Waals surface area contributed by atoms with Crippen LogP contribution in [0.5, 0.6) is 0 Å². The molecule has 0 spiro atoms. The molecular formula is C59H130N12O3. The van der Waals surface area contributed by atoms with Gasteiger partial charge in [0.1, 0.15) is 0 Å². The van der Waals surface area contributed by atoms with Gasteiger partial charge in [0.05, 0.1) is 18.3 Å². The Balaban J connectivity index is 0.000000444. The molecule has 0 aliphatic carbocycles. The van der Waals surface area contributed by atoms with Crippen molar-refractivity contribution in [2.24, 2.45) is 64.0 Å². The van der Waals surface area contributed by atoms with Crippen molar-refractivity contribution in [2.75, 3.05) is 78.5 Å². The topological polar surface area (TPSA) is 236 Å². The minimum absolute atomic E-state index is 0.0713. The van der Waals surface area contributed by atoms with Gasteiger partial charge in [0.25, 0.3) is 0 Å². The summed E-state index contributed by atoms with van der Waals surface area (Å²) in [5.41, 5.74) is 36.8. The molecule has 6 rings (SSSR count). The molecule has 15 N–H and O–H groups in total. The first-order valence-corrected chi connectivity index (χ1v) is 29.3. The molecule has 0 unspecified atom stereocenters. The van der Waals surface area contributed by atoms with E-state index in [4.69, 9.17) is 34.4 Å². The highest BCUT2D eigenvalue weighted by atomic mass is 16.3. The number of hydrogen-bond donors (Lipinski definition) is 9. The van der Waals surface area contributed by atoms with Gasteiger partial charge in [-0.05, 0) is 180 Å². The molecule has 0 saturated carbocycles. The highest BCUT2D eigenvalue weighted by molar-refractivity contribution is 4.94. The van der Waals surface area contributed by atoms with E-state index in [9.17, 15) is 15.3 Å². The standard InChI is InChI=1S/2C10H22N2O.3C10H22N2.C9H20N2O/c2*1-7-5-12(10(2,3)4)6-8(11)9(7)13;3*1-8-5-9(11)7-12(6-8)10(2,3)4;1-9(2,3)11-5-4-8(12)7(10)6-11/h2*7-9,13H,5-6,11H2,1-4H3;3*8-9H,5-7,11H2,1-4H3;7-8,12H,4-6,10H2,1-3H3/t2*7-,8+,9+;3*8-,9+;7-,8-/m101100/s1. The van der Waals surface area contributed by atoms with Crippen molar-refractivity contribution in [2.45, 2.75) is 273 Å². The van der Waals surface area contributed by atoms with Crippen LogP contribution < -0.4 is 34.4 Å². The molecule has 0 radical (unpaired) electrons. The van der Waals surface area contributed by atoms with E-state index in [0.29, 0.717) is 18.1 Å². The number of aliphatic hydroxyl groups is 3. The molecule has 6 saturated heterocycles. The van der Waals surface area contributed by atoms with Crippen molar-refractivity contribution in [1.29, 1.82) is 0 Å². The summed E-state index contributed by atoms with van der Waals surface area (Å²) >= 11 is 0. The zero-order chi connectivity index (χ0) is 57.9. The zero-order valence-electron chi connectivity index (χ0n) is 52.9. The number of hydrogen-bond acceptors (Lipinski definition) is 15. The molecule has 0 bridgehead atoms. The number of rotatable bonds is 0. The fourth-order valence-electron chi connectivity index (χ4n) is 11.1. The van der Waals surface area contributed by atoms with E-state index in [1.165, 1.54) is 38.9 Å². The lowest BCUT2D eigenvalue weighted by Gasteiger charge is -2.45. The molecule has 0 aromatic heterocycles. The lowest BCUT2D eigenvalue weighted by atomic mass is 9.89. The van der Waals surface area contributed by atoms with Gasteiger partial charge in [0.15, 0.2) is 0 Å². The highest BCUT2D eigenvalue weighted by Gasteiger charge is 2.38. The highest BCUT2D eigenvalue weighted by Crippen LogP contribution is 2.27. The van der Waals surface area contributed by atoms with Crippen molar-refractivity contribution in [3.63, 3.8) is 0 Å². The molecule has 6 aliphatic heterocycles. The van der Waals surface area contributed by atoms with E-state index in [2.05, 4.69) is 189 Å². The molecule has 444 valence electrons. The molecule has 74 heavy (non-hydrogen) atoms. The van der Waals surface area contributed by atoms with E-state index in [-0.39, 0.29) is 81.5 Å². The molecule has 6 fully saturated rings. The van der Waals surface area contributed by atoms with Crippen molar-refractivity contribution in [3.8, 4) is 0 Å². The second-order valence-corrected chi connectivity index (χ2v) is 30.6. The Kier molecular flexibility index (Phi) is 28.7. The van der Waals surface area contributed by atoms with Crippen molar-refractivity contribution < 1.29 is 15.3 Å². The smallest absolute Gasteiger partial charge is 0.0741 e. The first-order chi connectivity index (χ1) is 33.2. The maximum Gasteiger partial charge on any atom is 0.0741 e. The van der Waals surface area contributed by atoms with Crippen LogP contribution in [0, 0.1) is 29.6 Å². The number of likely N-dealkylation sites (tertiary alicyclic amines) is 6. The third-order valence-corrected chi connectivity index (χ3v) is 16.3. The maximum absolute atomic E-state index is 9.68. The second-order valence-electron chi connectivity index (χ2n) is 30.6. The van der Waals surface area contributed by atoms with Gasteiger partial charge in [-0.2, -0.15) is 0 Å². The third kappa shape index (κ3) is 26.1. The molecule has 14 atom stereocenters. The van der Waals surface area contributed by atoms with Crippen LogP contribution in [-0.4, -0.2) is 211 Å². The SMILES string of the molecule is CC(C)(C)N1CC[C@H](O)[C@@H](N)C1.C[C@@H]1CN(C(C)(C)C)C[C@H](N)[C@H]1O.C[C@@H]1C[C@H](N)CN(C(C)(C)C)C1.C[C@@H]1C[C@H](N)CN(C(C)(C)C)C1.C[C@H]1CN(C(C)(C)C)C[C@@H](N)[C@@H]1O.C[C@H]1C[C@@H](N)CN(C(C)(C)C)C1. The lowest BCUT2D eigenvalue weighted by molar-refractivity contribution is -0.0162. The second kappa shape index (κ2) is 29.7. The summed E-state index contributed by atoms with van der Waals surface area (Å²) in [6, 6.07) is 0.887. The van der Waals surface area contributed by atoms with Crippen molar-refractivity contribution >= 4 is 0 Å². The van der Waals surface area contributed by atoms with Crippen LogP contribution in [-0.2, 0) is 0 Å². The van der Waals surface area contributed by atoms with Gasteiger partial charge in [0, 0.05) is 148 Å². The first kappa shape index (κ1) is 71.4. The van der Waals surface area contributed by atoms with Gasteiger partial charge >= 0.3 is 0 Å². The fourth-order valence-corrected chi connectivity index (χ4v) is 11.1. The average molecular weight is 1060 g/mol. The number of nitrogens with two attached hydrogens (primary N) is 6. The summed E-state index contributed by atoms with van der Waals surface area (Å²) in [4.78, 5) is 14.5. The quantitative estimate of drug-likeness (QED) is 0.148. The van der Waals surface area contributed by atoms with Gasteiger partial charge in [-0.3, -0.25) is 29.4 Å². The van der Waals surface area contributed by atoms with E-state index in [1.807, 2.05) is 0 Å². The summed E-state index contributed by atoms with van der Waals surface area (Å²) in [6.07, 6.45) is 3.39. The van der Waals surface area contributed by atoms with E-state index < -0.39 is 0 Å². The molecule has 15 heteroatoms. The normalized spacial score (nSPS) is 35.2. The van der Waals surface area contributed by atoms with Crippen LogP contribution in [0.4, 0.5) is 0 Å². The number of aliphatic hydroxyl groups excluding tert-OH is 3. The lowest BCUT2D eigenvalue weighted by Crippen LogP contribution is -2.60. The zero-order valence-corrected chi connectivity index (χ0v) is 52.9. The monoisotopic (exact) mass is 1060 g/mol. The van der Waals surface area contributed by atoms with E-state index >= 15 is 0 Å². The summed E-state index contributed by atoms with van der Waals surface area (Å²) in [6.45, 7) is 63.0. The summed E-state index contributed by atoms with van der Waals surface area (Å²) < 4.78 is 0. The van der Waals surface area contributed by atoms with Gasteiger partial charge in [-0.1, -0.05) is 34.6 Å². The maximum atomic E-state index is 9.68. The molecule has 0 aromatic rings. The Morgan fingerprint density at radius 1 is 0.311 bits per heavy atom. The summed E-state index contributed by atoms with van der Waals surface area (Å²) in [7, 11) is 0. The molecule has 0 aromatic carbocycles.